The second kappa shape index (κ2) is 8.99. The van der Waals surface area contributed by atoms with Crippen LogP contribution >= 0.6 is 24.0 Å². The molecule has 0 N–H and O–H groups in total. The predicted molar refractivity (Wildman–Crippen MR) is 93.1 cm³/mol. The number of carbonyl (C=O) groups is 1. The Morgan fingerprint density at radius 3 is 2.32 bits per heavy atom. The third kappa shape index (κ3) is 4.87. The van der Waals surface area contributed by atoms with E-state index in [0.29, 0.717) is 23.0 Å². The maximum Gasteiger partial charge on any atom is 0.199 e. The number of benzene rings is 1. The van der Waals surface area contributed by atoms with Crippen LogP contribution in [0.15, 0.2) is 40.8 Å². The molecule has 0 aliphatic heterocycles. The largest absolute Gasteiger partial charge is 0.453 e. The van der Waals surface area contributed by atoms with Crippen LogP contribution in [-0.2, 0) is 0 Å². The highest BCUT2D eigenvalue weighted by Gasteiger charge is 2.13. The lowest BCUT2D eigenvalue weighted by atomic mass is 10.2. The Morgan fingerprint density at radius 2 is 1.73 bits per heavy atom. The third-order valence-electron chi connectivity index (χ3n) is 3.56. The summed E-state index contributed by atoms with van der Waals surface area (Å²) in [6.45, 7) is 6.87. The number of furan rings is 1. The topological polar surface area (TPSA) is 33.5 Å². The Balaban J connectivity index is 0.00000242. The number of rotatable bonds is 7. The van der Waals surface area contributed by atoms with Crippen molar-refractivity contribution in [1.29, 1.82) is 0 Å². The van der Waals surface area contributed by atoms with Crippen LogP contribution in [0.25, 0.3) is 11.3 Å². The van der Waals surface area contributed by atoms with E-state index >= 15 is 0 Å². The second-order valence-corrected chi connectivity index (χ2v) is 5.31. The zero-order valence-corrected chi connectivity index (χ0v) is 14.4. The van der Waals surface area contributed by atoms with Crippen molar-refractivity contribution < 1.29 is 9.21 Å². The van der Waals surface area contributed by atoms with Gasteiger partial charge in [-0.2, -0.15) is 0 Å². The molecule has 1 heterocycles. The van der Waals surface area contributed by atoms with Crippen molar-refractivity contribution in [2.45, 2.75) is 20.3 Å². The summed E-state index contributed by atoms with van der Waals surface area (Å²) in [6.07, 6.45) is 0.481. The van der Waals surface area contributed by atoms with Crippen molar-refractivity contribution in [1.82, 2.24) is 4.90 Å². The number of hydrogen-bond acceptors (Lipinski definition) is 3. The Hall–Kier alpha value is -1.29. The molecule has 0 radical (unpaired) electrons. The lowest BCUT2D eigenvalue weighted by molar-refractivity contribution is 0.0940. The molecule has 0 bridgehead atoms. The molecule has 0 aliphatic carbocycles. The quantitative estimate of drug-likeness (QED) is 0.669. The summed E-state index contributed by atoms with van der Waals surface area (Å²) in [5.74, 6) is 1.16. The third-order valence-corrected chi connectivity index (χ3v) is 3.81. The molecular formula is C17H21Cl2NO2. The van der Waals surface area contributed by atoms with Crippen molar-refractivity contribution in [2.24, 2.45) is 0 Å². The Bertz CT molecular complexity index is 589. The molecule has 0 atom stereocenters. The average Bonchev–Trinajstić information content (AvgIpc) is 2.99. The van der Waals surface area contributed by atoms with Crippen molar-refractivity contribution in [2.75, 3.05) is 19.6 Å². The summed E-state index contributed by atoms with van der Waals surface area (Å²) < 4.78 is 5.66. The highest BCUT2D eigenvalue weighted by atomic mass is 35.5. The standard InChI is InChI=1S/C17H20ClNO2.ClH/c1-3-19(4-2)12-11-15(20)17-10-9-16(21-17)13-5-7-14(18)8-6-13;/h5-10H,3-4,11-12H2,1-2H3;1H. The molecule has 1 aromatic heterocycles. The van der Waals surface area contributed by atoms with Crippen LogP contribution in [0.4, 0.5) is 0 Å². The molecular weight excluding hydrogens is 321 g/mol. The van der Waals surface area contributed by atoms with E-state index in [1.807, 2.05) is 18.2 Å². The molecule has 0 aliphatic rings. The highest BCUT2D eigenvalue weighted by molar-refractivity contribution is 6.30. The first-order valence-electron chi connectivity index (χ1n) is 7.25. The molecule has 0 unspecified atom stereocenters. The number of ketones is 1. The van der Waals surface area contributed by atoms with Crippen LogP contribution in [0.2, 0.25) is 5.02 Å². The summed E-state index contributed by atoms with van der Waals surface area (Å²) in [6, 6.07) is 10.9. The minimum atomic E-state index is 0. The van der Waals surface area contributed by atoms with Gasteiger partial charge in [0.15, 0.2) is 11.5 Å². The second-order valence-electron chi connectivity index (χ2n) is 4.87. The fourth-order valence-corrected chi connectivity index (χ4v) is 2.31. The van der Waals surface area contributed by atoms with Crippen LogP contribution in [0, 0.1) is 0 Å². The molecule has 0 amide bonds. The van der Waals surface area contributed by atoms with Gasteiger partial charge >= 0.3 is 0 Å². The minimum Gasteiger partial charge on any atom is -0.453 e. The van der Waals surface area contributed by atoms with Gasteiger partial charge in [0.25, 0.3) is 0 Å². The molecule has 22 heavy (non-hydrogen) atoms. The maximum atomic E-state index is 12.1. The Labute approximate surface area is 142 Å². The molecule has 0 spiro atoms. The van der Waals surface area contributed by atoms with Gasteiger partial charge in [0.2, 0.25) is 0 Å². The number of nitrogens with zero attached hydrogens (tertiary/aromatic N) is 1. The van der Waals surface area contributed by atoms with Crippen molar-refractivity contribution in [3.63, 3.8) is 0 Å². The lowest BCUT2D eigenvalue weighted by Crippen LogP contribution is -2.25. The van der Waals surface area contributed by atoms with Gasteiger partial charge < -0.3 is 9.32 Å². The van der Waals surface area contributed by atoms with E-state index in [0.717, 1.165) is 25.2 Å². The van der Waals surface area contributed by atoms with Gasteiger partial charge in [0, 0.05) is 23.6 Å². The summed E-state index contributed by atoms with van der Waals surface area (Å²) in [5.41, 5.74) is 0.919. The number of Topliss-reactive ketones (excluding diaryl/α,β-unsaturated/α-hetero) is 1. The van der Waals surface area contributed by atoms with E-state index in [1.165, 1.54) is 0 Å². The van der Waals surface area contributed by atoms with Crippen LogP contribution < -0.4 is 0 Å². The van der Waals surface area contributed by atoms with E-state index in [4.69, 9.17) is 16.0 Å². The molecule has 0 saturated heterocycles. The van der Waals surface area contributed by atoms with Gasteiger partial charge in [0.05, 0.1) is 0 Å². The number of carbonyl (C=O) groups excluding carboxylic acids is 1. The van der Waals surface area contributed by atoms with Gasteiger partial charge in [-0.25, -0.2) is 0 Å². The highest BCUT2D eigenvalue weighted by Crippen LogP contribution is 2.24. The fourth-order valence-electron chi connectivity index (χ4n) is 2.18. The van der Waals surface area contributed by atoms with Gasteiger partial charge in [0.1, 0.15) is 5.76 Å². The minimum absolute atomic E-state index is 0. The van der Waals surface area contributed by atoms with Crippen molar-refractivity contribution in [3.05, 3.63) is 47.2 Å². The molecule has 2 rings (SSSR count). The molecule has 2 aromatic rings. The summed E-state index contributed by atoms with van der Waals surface area (Å²) in [4.78, 5) is 14.4. The fraction of sp³-hybridized carbons (Fsp3) is 0.353. The van der Waals surface area contributed by atoms with Crippen LogP contribution in [-0.4, -0.2) is 30.3 Å². The van der Waals surface area contributed by atoms with Crippen molar-refractivity contribution in [3.8, 4) is 11.3 Å². The molecule has 1 aromatic carbocycles. The first-order valence-corrected chi connectivity index (χ1v) is 7.63. The van der Waals surface area contributed by atoms with E-state index in [-0.39, 0.29) is 18.2 Å². The van der Waals surface area contributed by atoms with Crippen LogP contribution in [0.5, 0.6) is 0 Å². The average molecular weight is 342 g/mol. The Morgan fingerprint density at radius 1 is 1.09 bits per heavy atom. The first-order chi connectivity index (χ1) is 10.1. The zero-order chi connectivity index (χ0) is 15.2. The zero-order valence-electron chi connectivity index (χ0n) is 12.8. The van der Waals surface area contributed by atoms with Gasteiger partial charge in [-0.05, 0) is 49.5 Å². The molecule has 3 nitrogen and oxygen atoms in total. The molecule has 0 fully saturated rings. The lowest BCUT2D eigenvalue weighted by Gasteiger charge is -2.16. The van der Waals surface area contributed by atoms with Crippen molar-refractivity contribution >= 4 is 29.8 Å². The Kier molecular flexibility index (Phi) is 7.66. The van der Waals surface area contributed by atoms with E-state index in [1.54, 1.807) is 18.2 Å². The van der Waals surface area contributed by atoms with E-state index in [2.05, 4.69) is 18.7 Å². The summed E-state index contributed by atoms with van der Waals surface area (Å²) >= 11 is 5.86. The van der Waals surface area contributed by atoms with Crippen LogP contribution in [0.1, 0.15) is 30.8 Å². The molecule has 5 heteroatoms. The van der Waals surface area contributed by atoms with E-state index < -0.39 is 0 Å². The smallest absolute Gasteiger partial charge is 0.199 e. The number of hydrogen-bond donors (Lipinski definition) is 0. The monoisotopic (exact) mass is 341 g/mol. The molecule has 120 valence electrons. The SMILES string of the molecule is CCN(CC)CCC(=O)c1ccc(-c2ccc(Cl)cc2)o1.Cl. The normalized spacial score (nSPS) is 10.5. The predicted octanol–water partition coefficient (Wildman–Crippen LogP) is 4.94. The van der Waals surface area contributed by atoms with E-state index in [9.17, 15) is 4.79 Å². The maximum absolute atomic E-state index is 12.1. The van der Waals surface area contributed by atoms with Gasteiger partial charge in [-0.3, -0.25) is 4.79 Å². The van der Waals surface area contributed by atoms with Crippen LogP contribution in [0.3, 0.4) is 0 Å². The number of halogens is 2. The summed E-state index contributed by atoms with van der Waals surface area (Å²) in [7, 11) is 0. The van der Waals surface area contributed by atoms with Gasteiger partial charge in [-0.1, -0.05) is 25.4 Å². The molecule has 0 saturated carbocycles. The first kappa shape index (κ1) is 18.8. The van der Waals surface area contributed by atoms with Gasteiger partial charge in [-0.15, -0.1) is 12.4 Å². The summed E-state index contributed by atoms with van der Waals surface area (Å²) in [5, 5.41) is 0.681.